The van der Waals surface area contributed by atoms with E-state index in [1.54, 1.807) is 23.2 Å². The largest absolute Gasteiger partial charge is 0.480 e. The number of carbonyl (C=O) groups is 1. The minimum Gasteiger partial charge on any atom is -0.480 e. The molecule has 0 unspecified atom stereocenters. The maximum Gasteiger partial charge on any atom is 0.323 e. The summed E-state index contributed by atoms with van der Waals surface area (Å²) in [6.45, 7) is -0.101. The Morgan fingerprint density at radius 2 is 2.44 bits per heavy atom. The van der Waals surface area contributed by atoms with E-state index in [2.05, 4.69) is 4.98 Å². The van der Waals surface area contributed by atoms with Gasteiger partial charge >= 0.3 is 5.97 Å². The fourth-order valence-corrected chi connectivity index (χ4v) is 1.62. The topological polar surface area (TPSA) is 77.2 Å². The molecule has 1 aliphatic carbocycles. The molecule has 1 saturated carbocycles. The molecule has 0 spiro atoms. The van der Waals surface area contributed by atoms with Crippen molar-refractivity contribution in [3.63, 3.8) is 0 Å². The monoisotopic (exact) mass is 217 g/mol. The Morgan fingerprint density at radius 3 is 3.00 bits per heavy atom. The highest BCUT2D eigenvalue weighted by Crippen LogP contribution is 2.31. The van der Waals surface area contributed by atoms with Crippen molar-refractivity contribution in [2.24, 2.45) is 0 Å². The number of carboxylic acids is 1. The summed E-state index contributed by atoms with van der Waals surface area (Å²) in [6, 6.07) is 5.58. The van der Waals surface area contributed by atoms with Gasteiger partial charge in [-0.1, -0.05) is 0 Å². The number of rotatable bonds is 4. The second-order valence-electron chi connectivity index (χ2n) is 3.74. The van der Waals surface area contributed by atoms with Crippen LogP contribution in [0.5, 0.6) is 0 Å². The zero-order valence-corrected chi connectivity index (χ0v) is 8.63. The summed E-state index contributed by atoms with van der Waals surface area (Å²) in [5, 5.41) is 17.8. The Morgan fingerprint density at radius 1 is 1.69 bits per heavy atom. The van der Waals surface area contributed by atoms with E-state index >= 15 is 0 Å². The first-order valence-corrected chi connectivity index (χ1v) is 5.06. The number of aromatic nitrogens is 1. The minimum absolute atomic E-state index is 0.101. The van der Waals surface area contributed by atoms with E-state index < -0.39 is 5.97 Å². The van der Waals surface area contributed by atoms with E-state index in [0.717, 1.165) is 12.8 Å². The van der Waals surface area contributed by atoms with Gasteiger partial charge in [0.15, 0.2) is 0 Å². The summed E-state index contributed by atoms with van der Waals surface area (Å²) in [7, 11) is 0. The van der Waals surface area contributed by atoms with Crippen LogP contribution in [0.15, 0.2) is 18.3 Å². The first-order valence-electron chi connectivity index (χ1n) is 5.06. The van der Waals surface area contributed by atoms with Gasteiger partial charge in [-0.15, -0.1) is 0 Å². The van der Waals surface area contributed by atoms with Gasteiger partial charge in [0.1, 0.15) is 18.4 Å². The molecule has 0 atom stereocenters. The zero-order valence-electron chi connectivity index (χ0n) is 8.63. The van der Waals surface area contributed by atoms with Crippen LogP contribution < -0.4 is 4.90 Å². The number of carboxylic acid groups (broad SMARTS) is 1. The first-order chi connectivity index (χ1) is 7.72. The fraction of sp³-hybridized carbons (Fsp3) is 0.364. The lowest BCUT2D eigenvalue weighted by molar-refractivity contribution is -0.135. The van der Waals surface area contributed by atoms with E-state index in [-0.39, 0.29) is 12.6 Å². The molecule has 1 aromatic heterocycles. The van der Waals surface area contributed by atoms with Gasteiger partial charge < -0.3 is 10.0 Å². The Kier molecular flexibility index (Phi) is 2.73. The van der Waals surface area contributed by atoms with Crippen molar-refractivity contribution >= 4 is 11.8 Å². The molecule has 1 aromatic rings. The fourth-order valence-electron chi connectivity index (χ4n) is 1.62. The van der Waals surface area contributed by atoms with Crippen LogP contribution in [-0.4, -0.2) is 28.6 Å². The van der Waals surface area contributed by atoms with Gasteiger partial charge in [-0.05, 0) is 25.0 Å². The van der Waals surface area contributed by atoms with Crippen molar-refractivity contribution < 1.29 is 9.90 Å². The molecule has 2 rings (SSSR count). The van der Waals surface area contributed by atoms with Crippen LogP contribution in [0.3, 0.4) is 0 Å². The molecule has 1 heterocycles. The van der Waals surface area contributed by atoms with Gasteiger partial charge in [0.2, 0.25) is 0 Å². The van der Waals surface area contributed by atoms with E-state index in [9.17, 15) is 4.79 Å². The highest BCUT2D eigenvalue weighted by atomic mass is 16.4. The lowest BCUT2D eigenvalue weighted by Gasteiger charge is -2.21. The minimum atomic E-state index is -0.901. The van der Waals surface area contributed by atoms with E-state index in [0.29, 0.717) is 11.4 Å². The van der Waals surface area contributed by atoms with E-state index in [1.807, 2.05) is 6.07 Å². The summed E-state index contributed by atoms with van der Waals surface area (Å²) in [4.78, 5) is 16.6. The standard InChI is InChI=1S/C11H11N3O2/c12-6-8-2-1-5-13-11(8)14(7-10(15)16)9-3-4-9/h1-2,5,9H,3-4,7H2,(H,15,16). The molecular formula is C11H11N3O2. The lowest BCUT2D eigenvalue weighted by Crippen LogP contribution is -2.33. The van der Waals surface area contributed by atoms with Gasteiger partial charge in [-0.3, -0.25) is 4.79 Å². The molecule has 0 radical (unpaired) electrons. The molecule has 0 saturated heterocycles. The maximum absolute atomic E-state index is 10.8. The number of aliphatic carboxylic acids is 1. The molecule has 0 bridgehead atoms. The van der Waals surface area contributed by atoms with Crippen LogP contribution in [0.2, 0.25) is 0 Å². The molecule has 0 aliphatic heterocycles. The summed E-state index contributed by atoms with van der Waals surface area (Å²) >= 11 is 0. The third-order valence-electron chi connectivity index (χ3n) is 2.47. The van der Waals surface area contributed by atoms with E-state index in [1.165, 1.54) is 0 Å². The third-order valence-corrected chi connectivity index (χ3v) is 2.47. The molecule has 5 heteroatoms. The molecule has 5 nitrogen and oxygen atoms in total. The van der Waals surface area contributed by atoms with Crippen molar-refractivity contribution in [1.29, 1.82) is 5.26 Å². The first kappa shape index (κ1) is 10.4. The quantitative estimate of drug-likeness (QED) is 0.814. The maximum atomic E-state index is 10.8. The number of anilines is 1. The predicted molar refractivity (Wildman–Crippen MR) is 57.0 cm³/mol. The van der Waals surface area contributed by atoms with Crippen molar-refractivity contribution in [1.82, 2.24) is 4.98 Å². The van der Waals surface area contributed by atoms with Crippen molar-refractivity contribution in [3.05, 3.63) is 23.9 Å². The van der Waals surface area contributed by atoms with Gasteiger partial charge in [0.05, 0.1) is 5.56 Å². The van der Waals surface area contributed by atoms with Crippen molar-refractivity contribution in [2.45, 2.75) is 18.9 Å². The summed E-state index contributed by atoms with van der Waals surface area (Å²) in [5.41, 5.74) is 0.427. The normalized spacial score (nSPS) is 14.2. The Balaban J connectivity index is 2.31. The smallest absolute Gasteiger partial charge is 0.323 e. The second-order valence-corrected chi connectivity index (χ2v) is 3.74. The van der Waals surface area contributed by atoms with Crippen molar-refractivity contribution in [3.8, 4) is 6.07 Å². The molecule has 1 fully saturated rings. The number of nitriles is 1. The van der Waals surface area contributed by atoms with Crippen LogP contribution in [0.1, 0.15) is 18.4 Å². The zero-order chi connectivity index (χ0) is 11.5. The summed E-state index contributed by atoms with van der Waals surface area (Å²) in [6.07, 6.45) is 3.51. The van der Waals surface area contributed by atoms with Crippen LogP contribution in [0.25, 0.3) is 0 Å². The molecule has 1 aliphatic rings. The van der Waals surface area contributed by atoms with Gasteiger partial charge in [-0.25, -0.2) is 4.98 Å². The Hall–Kier alpha value is -2.09. The number of nitrogens with zero attached hydrogens (tertiary/aromatic N) is 3. The molecular weight excluding hydrogens is 206 g/mol. The van der Waals surface area contributed by atoms with Crippen LogP contribution >= 0.6 is 0 Å². The van der Waals surface area contributed by atoms with Crippen LogP contribution in [0.4, 0.5) is 5.82 Å². The average Bonchev–Trinajstić information content (AvgIpc) is 3.09. The predicted octanol–water partition coefficient (Wildman–Crippen LogP) is 1.01. The third kappa shape index (κ3) is 2.11. The van der Waals surface area contributed by atoms with Crippen LogP contribution in [-0.2, 0) is 4.79 Å². The average molecular weight is 217 g/mol. The Bertz CT molecular complexity index is 449. The molecule has 16 heavy (non-hydrogen) atoms. The Labute approximate surface area is 92.9 Å². The lowest BCUT2D eigenvalue weighted by atomic mass is 10.2. The van der Waals surface area contributed by atoms with Crippen LogP contribution in [0, 0.1) is 11.3 Å². The number of hydrogen-bond acceptors (Lipinski definition) is 4. The summed E-state index contributed by atoms with van der Waals surface area (Å²) in [5.74, 6) is -0.420. The number of hydrogen-bond donors (Lipinski definition) is 1. The molecule has 1 N–H and O–H groups in total. The highest BCUT2D eigenvalue weighted by molar-refractivity contribution is 5.74. The molecule has 82 valence electrons. The summed E-state index contributed by atoms with van der Waals surface area (Å²) < 4.78 is 0. The SMILES string of the molecule is N#Cc1cccnc1N(CC(=O)O)C1CC1. The number of pyridine rings is 1. The van der Waals surface area contributed by atoms with E-state index in [4.69, 9.17) is 10.4 Å². The van der Waals surface area contributed by atoms with Gasteiger partial charge in [0, 0.05) is 12.2 Å². The second kappa shape index (κ2) is 4.19. The molecule has 0 aromatic carbocycles. The highest BCUT2D eigenvalue weighted by Gasteiger charge is 2.32. The van der Waals surface area contributed by atoms with Gasteiger partial charge in [-0.2, -0.15) is 5.26 Å². The molecule has 0 amide bonds. The van der Waals surface area contributed by atoms with Gasteiger partial charge in [0.25, 0.3) is 0 Å². The van der Waals surface area contributed by atoms with Crippen molar-refractivity contribution in [2.75, 3.05) is 11.4 Å².